The first-order valence-corrected chi connectivity index (χ1v) is 9.70. The quantitative estimate of drug-likeness (QED) is 0.788. The highest BCUT2D eigenvalue weighted by Crippen LogP contribution is 2.30. The predicted molar refractivity (Wildman–Crippen MR) is 94.7 cm³/mol. The molecular weight excluding hydrogens is 388 g/mol. The molecule has 2 aromatic carbocycles. The smallest absolute Gasteiger partial charge is 0.387 e. The van der Waals surface area contributed by atoms with E-state index in [9.17, 15) is 22.0 Å². The van der Waals surface area contributed by atoms with Gasteiger partial charge in [-0.05, 0) is 36.8 Å². The van der Waals surface area contributed by atoms with Gasteiger partial charge in [0.05, 0.1) is 16.5 Å². The molecule has 0 saturated heterocycles. The molecule has 0 radical (unpaired) electrons. The van der Waals surface area contributed by atoms with Crippen molar-refractivity contribution in [1.82, 2.24) is 0 Å². The molecule has 2 aromatic rings. The Hall–Kier alpha value is -2.19. The molecule has 0 spiro atoms. The molecule has 2 rings (SSSR count). The van der Waals surface area contributed by atoms with Gasteiger partial charge < -0.3 is 10.1 Å². The van der Waals surface area contributed by atoms with Crippen molar-refractivity contribution in [2.24, 2.45) is 0 Å². The second-order valence-corrected chi connectivity index (χ2v) is 8.02. The van der Waals surface area contributed by atoms with E-state index >= 15 is 0 Å². The number of amides is 1. The van der Waals surface area contributed by atoms with Crippen LogP contribution in [0, 0.1) is 0 Å². The lowest BCUT2D eigenvalue weighted by Gasteiger charge is -2.16. The minimum absolute atomic E-state index is 0.0549. The van der Waals surface area contributed by atoms with Crippen LogP contribution in [-0.2, 0) is 14.6 Å². The molecule has 0 aliphatic heterocycles. The van der Waals surface area contributed by atoms with Crippen LogP contribution in [0.1, 0.15) is 18.4 Å². The molecular formula is C17H16ClF2NO4S. The third-order valence-electron chi connectivity index (χ3n) is 3.62. The molecule has 1 N–H and O–H groups in total. The maximum atomic E-state index is 12.5. The Morgan fingerprint density at radius 2 is 1.77 bits per heavy atom. The van der Waals surface area contributed by atoms with Gasteiger partial charge in [-0.3, -0.25) is 4.79 Å². The Labute approximate surface area is 154 Å². The number of benzene rings is 2. The van der Waals surface area contributed by atoms with Crippen LogP contribution in [-0.4, -0.2) is 27.2 Å². The fourth-order valence-corrected chi connectivity index (χ4v) is 2.98. The highest BCUT2D eigenvalue weighted by Gasteiger charge is 2.19. The zero-order chi connectivity index (χ0) is 19.5. The van der Waals surface area contributed by atoms with Crippen LogP contribution < -0.4 is 10.1 Å². The first-order valence-electron chi connectivity index (χ1n) is 7.43. The van der Waals surface area contributed by atoms with Crippen molar-refractivity contribution < 1.29 is 26.7 Å². The highest BCUT2D eigenvalue weighted by atomic mass is 35.5. The lowest BCUT2D eigenvalue weighted by molar-refractivity contribution is -0.117. The van der Waals surface area contributed by atoms with Crippen LogP contribution in [0.15, 0.2) is 47.4 Å². The van der Waals surface area contributed by atoms with Crippen LogP contribution in [0.25, 0.3) is 0 Å². The summed E-state index contributed by atoms with van der Waals surface area (Å²) in [5.41, 5.74) is 0.625. The number of hydrogen-bond acceptors (Lipinski definition) is 4. The van der Waals surface area contributed by atoms with Gasteiger partial charge in [-0.25, -0.2) is 8.42 Å². The maximum Gasteiger partial charge on any atom is 0.387 e. The van der Waals surface area contributed by atoms with Crippen molar-refractivity contribution >= 4 is 33.0 Å². The molecule has 0 aliphatic rings. The van der Waals surface area contributed by atoms with Gasteiger partial charge in [0.1, 0.15) is 0 Å². The number of anilines is 1. The van der Waals surface area contributed by atoms with Gasteiger partial charge in [0.15, 0.2) is 15.6 Å². The topological polar surface area (TPSA) is 72.5 Å². The molecule has 0 aromatic heterocycles. The Morgan fingerprint density at radius 3 is 2.31 bits per heavy atom. The SMILES string of the molecule is CC(C(=O)Nc1ccc(Cl)cc1OC(F)F)c1ccc(S(C)(=O)=O)cc1. The summed E-state index contributed by atoms with van der Waals surface area (Å²) in [5.74, 6) is -1.38. The molecule has 0 aliphatic carbocycles. The average molecular weight is 404 g/mol. The lowest BCUT2D eigenvalue weighted by atomic mass is 10.0. The first kappa shape index (κ1) is 20.1. The number of sulfone groups is 1. The summed E-state index contributed by atoms with van der Waals surface area (Å²) in [5, 5.41) is 2.70. The van der Waals surface area contributed by atoms with E-state index in [-0.39, 0.29) is 21.4 Å². The van der Waals surface area contributed by atoms with Gasteiger partial charge in [0.2, 0.25) is 5.91 Å². The third-order valence-corrected chi connectivity index (χ3v) is 4.98. The number of halogens is 3. The zero-order valence-electron chi connectivity index (χ0n) is 13.9. The second-order valence-electron chi connectivity index (χ2n) is 5.57. The number of ether oxygens (including phenoxy) is 1. The number of hydrogen-bond donors (Lipinski definition) is 1. The van der Waals surface area contributed by atoms with E-state index in [0.717, 1.165) is 6.26 Å². The van der Waals surface area contributed by atoms with E-state index in [1.54, 1.807) is 6.92 Å². The Balaban J connectivity index is 2.19. The summed E-state index contributed by atoms with van der Waals surface area (Å²) >= 11 is 5.76. The summed E-state index contributed by atoms with van der Waals surface area (Å²) in [6.45, 7) is -1.46. The molecule has 0 heterocycles. The van der Waals surface area contributed by atoms with E-state index in [0.29, 0.717) is 5.56 Å². The molecule has 0 bridgehead atoms. The van der Waals surface area contributed by atoms with Crippen LogP contribution >= 0.6 is 11.6 Å². The minimum Gasteiger partial charge on any atom is -0.433 e. The number of alkyl halides is 2. The van der Waals surface area contributed by atoms with E-state index in [4.69, 9.17) is 11.6 Å². The Morgan fingerprint density at radius 1 is 1.15 bits per heavy atom. The summed E-state index contributed by atoms with van der Waals surface area (Å²) in [6.07, 6.45) is 1.09. The molecule has 26 heavy (non-hydrogen) atoms. The zero-order valence-corrected chi connectivity index (χ0v) is 15.4. The van der Waals surface area contributed by atoms with Gasteiger partial charge in [0.25, 0.3) is 0 Å². The lowest BCUT2D eigenvalue weighted by Crippen LogP contribution is -2.19. The van der Waals surface area contributed by atoms with Crippen LogP contribution in [0.4, 0.5) is 14.5 Å². The third kappa shape index (κ3) is 5.15. The predicted octanol–water partition coefficient (Wildman–Crippen LogP) is 4.09. The van der Waals surface area contributed by atoms with Crippen molar-refractivity contribution in [3.05, 3.63) is 53.1 Å². The van der Waals surface area contributed by atoms with Crippen molar-refractivity contribution in [1.29, 1.82) is 0 Å². The number of carbonyl (C=O) groups is 1. The van der Waals surface area contributed by atoms with Crippen molar-refractivity contribution in [2.75, 3.05) is 11.6 Å². The van der Waals surface area contributed by atoms with E-state index in [1.165, 1.54) is 42.5 Å². The first-order chi connectivity index (χ1) is 12.1. The van der Waals surface area contributed by atoms with Gasteiger partial charge in [0, 0.05) is 17.3 Å². The van der Waals surface area contributed by atoms with Gasteiger partial charge in [-0.15, -0.1) is 0 Å². The summed E-state index contributed by atoms with van der Waals surface area (Å²) in [4.78, 5) is 12.6. The number of nitrogens with one attached hydrogen (secondary N) is 1. The fourth-order valence-electron chi connectivity index (χ4n) is 2.19. The van der Waals surface area contributed by atoms with E-state index < -0.39 is 28.3 Å². The van der Waals surface area contributed by atoms with Crippen LogP contribution in [0.3, 0.4) is 0 Å². The van der Waals surface area contributed by atoms with E-state index in [2.05, 4.69) is 10.1 Å². The highest BCUT2D eigenvalue weighted by molar-refractivity contribution is 7.90. The standard InChI is InChI=1S/C17H16ClF2NO4S/c1-10(11-3-6-13(7-4-11)26(2,23)24)16(22)21-14-8-5-12(18)9-15(14)25-17(19)20/h3-10,17H,1-2H3,(H,21,22). The number of carbonyl (C=O) groups excluding carboxylic acids is 1. The molecule has 0 fully saturated rings. The van der Waals surface area contributed by atoms with Crippen LogP contribution in [0.5, 0.6) is 5.75 Å². The average Bonchev–Trinajstić information content (AvgIpc) is 2.55. The second kappa shape index (κ2) is 8.01. The largest absolute Gasteiger partial charge is 0.433 e. The minimum atomic E-state index is -3.34. The molecule has 140 valence electrons. The summed E-state index contributed by atoms with van der Waals surface area (Å²) in [6, 6.07) is 9.83. The Bertz CT molecular complexity index is 901. The van der Waals surface area contributed by atoms with Crippen molar-refractivity contribution in [2.45, 2.75) is 24.3 Å². The molecule has 5 nitrogen and oxygen atoms in total. The molecule has 0 saturated carbocycles. The summed E-state index contributed by atoms with van der Waals surface area (Å²) < 4.78 is 52.3. The molecule has 1 unspecified atom stereocenters. The van der Waals surface area contributed by atoms with Crippen molar-refractivity contribution in [3.8, 4) is 5.75 Å². The van der Waals surface area contributed by atoms with Gasteiger partial charge in [-0.1, -0.05) is 23.7 Å². The fraction of sp³-hybridized carbons (Fsp3) is 0.235. The normalized spacial score (nSPS) is 12.7. The molecule has 1 atom stereocenters. The summed E-state index contributed by atoms with van der Waals surface area (Å²) in [7, 11) is -3.34. The number of rotatable bonds is 6. The Kier molecular flexibility index (Phi) is 6.20. The molecule has 1 amide bonds. The monoisotopic (exact) mass is 403 g/mol. The maximum absolute atomic E-state index is 12.5. The van der Waals surface area contributed by atoms with Gasteiger partial charge in [-0.2, -0.15) is 8.78 Å². The van der Waals surface area contributed by atoms with Crippen LogP contribution in [0.2, 0.25) is 5.02 Å². The van der Waals surface area contributed by atoms with Gasteiger partial charge >= 0.3 is 6.61 Å². The van der Waals surface area contributed by atoms with Crippen molar-refractivity contribution in [3.63, 3.8) is 0 Å². The van der Waals surface area contributed by atoms with E-state index in [1.807, 2.05) is 0 Å². The molecule has 9 heteroatoms.